The maximum atomic E-state index is 11.8. The van der Waals surface area contributed by atoms with Gasteiger partial charge in [-0.3, -0.25) is 0 Å². The van der Waals surface area contributed by atoms with Crippen LogP contribution in [0.15, 0.2) is 18.2 Å². The van der Waals surface area contributed by atoms with Gasteiger partial charge in [0.25, 0.3) is 0 Å². The number of nitrogens with zero attached hydrogens (tertiary/aromatic N) is 1. The molecular formula is C15H22N2O2S. The van der Waals surface area contributed by atoms with Crippen LogP contribution in [-0.4, -0.2) is 32.5 Å². The molecule has 1 aromatic carbocycles. The topological polar surface area (TPSA) is 63.4 Å². The van der Waals surface area contributed by atoms with Crippen molar-refractivity contribution in [2.45, 2.75) is 43.4 Å². The molecule has 0 radical (unpaired) electrons. The maximum absolute atomic E-state index is 11.8. The summed E-state index contributed by atoms with van der Waals surface area (Å²) in [5.74, 6) is 0. The van der Waals surface area contributed by atoms with Gasteiger partial charge in [-0.05, 0) is 37.8 Å². The van der Waals surface area contributed by atoms with Gasteiger partial charge < -0.3 is 10.6 Å². The first-order valence-corrected chi connectivity index (χ1v) is 9.25. The molecule has 0 aromatic heterocycles. The first kappa shape index (κ1) is 13.7. The van der Waals surface area contributed by atoms with E-state index in [2.05, 4.69) is 11.0 Å². The van der Waals surface area contributed by atoms with Crippen LogP contribution < -0.4 is 10.6 Å². The fourth-order valence-electron chi connectivity index (χ4n) is 3.66. The molecule has 2 N–H and O–H groups in total. The van der Waals surface area contributed by atoms with E-state index in [4.69, 9.17) is 5.73 Å². The van der Waals surface area contributed by atoms with Gasteiger partial charge in [-0.1, -0.05) is 12.5 Å². The van der Waals surface area contributed by atoms with E-state index < -0.39 is 9.84 Å². The van der Waals surface area contributed by atoms with Gasteiger partial charge >= 0.3 is 0 Å². The Morgan fingerprint density at radius 3 is 2.85 bits per heavy atom. The molecule has 1 heterocycles. The summed E-state index contributed by atoms with van der Waals surface area (Å²) >= 11 is 0. The SMILES string of the molecule is CS(=O)(=O)C1CCCC(N2CCc3c(N)cccc32)C1. The maximum Gasteiger partial charge on any atom is 0.150 e. The molecule has 0 saturated heterocycles. The molecule has 0 amide bonds. The third kappa shape index (κ3) is 2.39. The Kier molecular flexibility index (Phi) is 3.40. The lowest BCUT2D eigenvalue weighted by Gasteiger charge is -2.36. The van der Waals surface area contributed by atoms with Gasteiger partial charge in [-0.2, -0.15) is 0 Å². The van der Waals surface area contributed by atoms with Crippen molar-refractivity contribution in [2.24, 2.45) is 0 Å². The van der Waals surface area contributed by atoms with Crippen LogP contribution >= 0.6 is 0 Å². The number of rotatable bonds is 2. The number of benzene rings is 1. The van der Waals surface area contributed by atoms with Crippen molar-refractivity contribution in [3.05, 3.63) is 23.8 Å². The normalized spacial score (nSPS) is 26.6. The third-order valence-corrected chi connectivity index (χ3v) is 6.38. The van der Waals surface area contributed by atoms with Crippen LogP contribution in [0, 0.1) is 0 Å². The molecule has 3 rings (SSSR count). The quantitative estimate of drug-likeness (QED) is 0.847. The van der Waals surface area contributed by atoms with Crippen LogP contribution in [0.25, 0.3) is 0 Å². The van der Waals surface area contributed by atoms with Gasteiger partial charge in [0.05, 0.1) is 5.25 Å². The molecule has 20 heavy (non-hydrogen) atoms. The van der Waals surface area contributed by atoms with Crippen molar-refractivity contribution in [3.63, 3.8) is 0 Å². The van der Waals surface area contributed by atoms with E-state index in [1.54, 1.807) is 0 Å². The Morgan fingerprint density at radius 1 is 1.30 bits per heavy atom. The van der Waals surface area contributed by atoms with Gasteiger partial charge in [-0.15, -0.1) is 0 Å². The Morgan fingerprint density at radius 2 is 2.10 bits per heavy atom. The van der Waals surface area contributed by atoms with Gasteiger partial charge in [0.2, 0.25) is 0 Å². The van der Waals surface area contributed by atoms with Gasteiger partial charge in [0.15, 0.2) is 0 Å². The molecule has 2 aliphatic rings. The summed E-state index contributed by atoms with van der Waals surface area (Å²) in [5, 5.41) is -0.175. The molecule has 110 valence electrons. The largest absolute Gasteiger partial charge is 0.398 e. The van der Waals surface area contributed by atoms with E-state index in [9.17, 15) is 8.42 Å². The van der Waals surface area contributed by atoms with E-state index in [0.717, 1.165) is 44.3 Å². The fraction of sp³-hybridized carbons (Fsp3) is 0.600. The second kappa shape index (κ2) is 4.95. The highest BCUT2D eigenvalue weighted by atomic mass is 32.2. The van der Waals surface area contributed by atoms with E-state index >= 15 is 0 Å². The highest BCUT2D eigenvalue weighted by molar-refractivity contribution is 7.91. The highest BCUT2D eigenvalue weighted by Gasteiger charge is 2.34. The second-order valence-corrected chi connectivity index (χ2v) is 8.39. The average Bonchev–Trinajstić information content (AvgIpc) is 2.83. The summed E-state index contributed by atoms with van der Waals surface area (Å²) in [6.07, 6.45) is 5.99. The Hall–Kier alpha value is -1.23. The number of nitrogen functional groups attached to an aromatic ring is 1. The number of fused-ring (bicyclic) bond motifs is 1. The monoisotopic (exact) mass is 294 g/mol. The smallest absolute Gasteiger partial charge is 0.150 e. The van der Waals surface area contributed by atoms with Crippen LogP contribution in [0.2, 0.25) is 0 Å². The summed E-state index contributed by atoms with van der Waals surface area (Å²) in [5.41, 5.74) is 9.34. The second-order valence-electron chi connectivity index (χ2n) is 6.06. The summed E-state index contributed by atoms with van der Waals surface area (Å²) in [6, 6.07) is 6.39. The lowest BCUT2D eigenvalue weighted by Crippen LogP contribution is -2.41. The van der Waals surface area contributed by atoms with Gasteiger partial charge in [0, 0.05) is 35.8 Å². The number of anilines is 2. The van der Waals surface area contributed by atoms with Crippen molar-refractivity contribution < 1.29 is 8.42 Å². The minimum Gasteiger partial charge on any atom is -0.398 e. The summed E-state index contributed by atoms with van der Waals surface area (Å²) in [4.78, 5) is 2.38. The molecule has 1 aliphatic carbocycles. The number of nitrogens with two attached hydrogens (primary N) is 1. The Bertz CT molecular complexity index is 612. The van der Waals surface area contributed by atoms with E-state index in [1.807, 2.05) is 12.1 Å². The minimum atomic E-state index is -2.93. The number of sulfone groups is 1. The van der Waals surface area contributed by atoms with Crippen molar-refractivity contribution in [1.82, 2.24) is 0 Å². The molecule has 2 atom stereocenters. The van der Waals surface area contributed by atoms with E-state index in [-0.39, 0.29) is 5.25 Å². The summed E-state index contributed by atoms with van der Waals surface area (Å²) in [6.45, 7) is 0.963. The predicted octanol–water partition coefficient (Wildman–Crippen LogP) is 1.99. The molecular weight excluding hydrogens is 272 g/mol. The number of hydrogen-bond donors (Lipinski definition) is 1. The van der Waals surface area contributed by atoms with Crippen LogP contribution in [0.4, 0.5) is 11.4 Å². The third-order valence-electron chi connectivity index (χ3n) is 4.74. The van der Waals surface area contributed by atoms with Crippen LogP contribution in [-0.2, 0) is 16.3 Å². The molecule has 1 aromatic rings. The Balaban J connectivity index is 1.84. The predicted molar refractivity (Wildman–Crippen MR) is 82.8 cm³/mol. The van der Waals surface area contributed by atoms with E-state index in [1.165, 1.54) is 17.5 Å². The zero-order valence-corrected chi connectivity index (χ0v) is 12.7. The Labute approximate surface area is 120 Å². The molecule has 4 nitrogen and oxygen atoms in total. The van der Waals surface area contributed by atoms with Crippen molar-refractivity contribution in [1.29, 1.82) is 0 Å². The highest BCUT2D eigenvalue weighted by Crippen LogP contribution is 2.37. The molecule has 1 saturated carbocycles. The fourth-order valence-corrected chi connectivity index (χ4v) is 4.82. The molecule has 5 heteroatoms. The summed E-state index contributed by atoms with van der Waals surface area (Å²) < 4.78 is 23.6. The summed E-state index contributed by atoms with van der Waals surface area (Å²) in [7, 11) is -2.93. The molecule has 1 fully saturated rings. The van der Waals surface area contributed by atoms with Crippen molar-refractivity contribution in [3.8, 4) is 0 Å². The molecule has 2 unspecified atom stereocenters. The molecule has 0 bridgehead atoms. The average molecular weight is 294 g/mol. The molecule has 0 spiro atoms. The number of hydrogen-bond acceptors (Lipinski definition) is 4. The van der Waals surface area contributed by atoms with Crippen molar-refractivity contribution in [2.75, 3.05) is 23.4 Å². The van der Waals surface area contributed by atoms with Gasteiger partial charge in [-0.25, -0.2) is 8.42 Å². The van der Waals surface area contributed by atoms with Crippen LogP contribution in [0.3, 0.4) is 0 Å². The lowest BCUT2D eigenvalue weighted by atomic mass is 9.93. The first-order valence-electron chi connectivity index (χ1n) is 7.29. The van der Waals surface area contributed by atoms with Crippen LogP contribution in [0.1, 0.15) is 31.2 Å². The zero-order valence-electron chi connectivity index (χ0n) is 11.9. The van der Waals surface area contributed by atoms with E-state index in [0.29, 0.717) is 6.04 Å². The zero-order chi connectivity index (χ0) is 14.3. The minimum absolute atomic E-state index is 0.175. The van der Waals surface area contributed by atoms with Gasteiger partial charge in [0.1, 0.15) is 9.84 Å². The lowest BCUT2D eigenvalue weighted by molar-refractivity contribution is 0.415. The standard InChI is InChI=1S/C15H22N2O2S/c1-20(18,19)12-5-2-4-11(10-12)17-9-8-13-14(16)6-3-7-15(13)17/h3,6-7,11-12H,2,4-5,8-10,16H2,1H3. The van der Waals surface area contributed by atoms with Crippen molar-refractivity contribution >= 4 is 21.2 Å². The first-order chi connectivity index (χ1) is 9.47. The molecule has 1 aliphatic heterocycles. The van der Waals surface area contributed by atoms with Crippen LogP contribution in [0.5, 0.6) is 0 Å².